The topological polar surface area (TPSA) is 76.7 Å². The molecule has 0 unspecified atom stereocenters. The van der Waals surface area contributed by atoms with Gasteiger partial charge in [0.1, 0.15) is 10.4 Å². The van der Waals surface area contributed by atoms with Crippen LogP contribution in [0.2, 0.25) is 0 Å². The van der Waals surface area contributed by atoms with Gasteiger partial charge in [0.2, 0.25) is 5.95 Å². The van der Waals surface area contributed by atoms with Crippen molar-refractivity contribution in [3.63, 3.8) is 0 Å². The van der Waals surface area contributed by atoms with Crippen molar-refractivity contribution < 1.29 is 0 Å². The van der Waals surface area contributed by atoms with Crippen LogP contribution in [-0.4, -0.2) is 15.0 Å². The third-order valence-corrected chi connectivity index (χ3v) is 4.15. The summed E-state index contributed by atoms with van der Waals surface area (Å²) < 4.78 is 0.622. The van der Waals surface area contributed by atoms with Gasteiger partial charge in [-0.25, -0.2) is 4.98 Å². The average molecular weight is 378 g/mol. The van der Waals surface area contributed by atoms with Crippen molar-refractivity contribution in [2.75, 3.05) is 11.1 Å². The van der Waals surface area contributed by atoms with Crippen molar-refractivity contribution in [1.82, 2.24) is 15.0 Å². The molecule has 0 spiro atoms. The molecule has 2 aromatic heterocycles. The van der Waals surface area contributed by atoms with Gasteiger partial charge in [0.15, 0.2) is 0 Å². The van der Waals surface area contributed by atoms with Crippen LogP contribution in [0.4, 0.5) is 11.8 Å². The van der Waals surface area contributed by atoms with Crippen LogP contribution in [0.5, 0.6) is 0 Å². The van der Waals surface area contributed by atoms with E-state index < -0.39 is 0 Å². The maximum absolute atomic E-state index is 5.68. The summed E-state index contributed by atoms with van der Waals surface area (Å²) in [5.41, 5.74) is 11.1. The zero-order valence-corrected chi connectivity index (χ0v) is 16.0. The molecule has 3 N–H and O–H groups in total. The largest absolute Gasteiger partial charge is 0.368 e. The van der Waals surface area contributed by atoms with E-state index in [2.05, 4.69) is 63.5 Å². The molecule has 2 rings (SSSR count). The molecule has 2 aromatic rings. The maximum Gasteiger partial charge on any atom is 0.223 e. The van der Waals surface area contributed by atoms with Gasteiger partial charge in [0.25, 0.3) is 0 Å². The molecule has 0 aliphatic rings. The van der Waals surface area contributed by atoms with Gasteiger partial charge in [-0.1, -0.05) is 26.5 Å². The lowest BCUT2D eigenvalue weighted by Crippen LogP contribution is -2.10. The predicted molar refractivity (Wildman–Crippen MR) is 101 cm³/mol. The first-order valence-electron chi connectivity index (χ1n) is 7.55. The van der Waals surface area contributed by atoms with E-state index in [0.717, 1.165) is 11.3 Å². The second kappa shape index (κ2) is 8.62. The van der Waals surface area contributed by atoms with Gasteiger partial charge >= 0.3 is 0 Å². The Bertz CT molecular complexity index is 698. The second-order valence-electron chi connectivity index (χ2n) is 4.83. The number of nitrogens with zero attached hydrogens (tertiary/aromatic N) is 3. The molecule has 0 amide bonds. The van der Waals surface area contributed by atoms with E-state index in [1.54, 1.807) is 6.08 Å². The Morgan fingerprint density at radius 3 is 2.48 bits per heavy atom. The molecule has 0 saturated carbocycles. The Hall–Kier alpha value is -1.95. The minimum Gasteiger partial charge on any atom is -0.368 e. The van der Waals surface area contributed by atoms with Crippen molar-refractivity contribution in [2.24, 2.45) is 0 Å². The van der Waals surface area contributed by atoms with E-state index in [9.17, 15) is 0 Å². The van der Waals surface area contributed by atoms with Crippen molar-refractivity contribution in [3.8, 4) is 0 Å². The minimum absolute atomic E-state index is 0.208. The summed E-state index contributed by atoms with van der Waals surface area (Å²) in [5, 5.41) is 3.25. The summed E-state index contributed by atoms with van der Waals surface area (Å²) in [6.07, 6.45) is 3.57. The van der Waals surface area contributed by atoms with E-state index in [1.165, 1.54) is 16.7 Å². The number of hydrogen-bond acceptors (Lipinski definition) is 5. The molecule has 0 fully saturated rings. The number of aromatic nitrogens is 3. The molecule has 0 aromatic carbocycles. The van der Waals surface area contributed by atoms with E-state index in [-0.39, 0.29) is 5.95 Å². The van der Waals surface area contributed by atoms with E-state index >= 15 is 0 Å². The van der Waals surface area contributed by atoms with Gasteiger partial charge in [0.05, 0.1) is 12.2 Å². The van der Waals surface area contributed by atoms with Gasteiger partial charge in [0, 0.05) is 11.8 Å². The molecule has 124 valence electrons. The smallest absolute Gasteiger partial charge is 0.223 e. The lowest BCUT2D eigenvalue weighted by atomic mass is 10.0. The summed E-state index contributed by atoms with van der Waals surface area (Å²) in [5.74, 6) is 0.851. The molecule has 0 saturated heterocycles. The zero-order valence-electron chi connectivity index (χ0n) is 14.4. The molecular weight excluding hydrogens is 354 g/mol. The van der Waals surface area contributed by atoms with E-state index in [1.807, 2.05) is 20.0 Å². The fourth-order valence-corrected chi connectivity index (χ4v) is 2.53. The van der Waals surface area contributed by atoms with Crippen LogP contribution in [-0.2, 0) is 6.54 Å². The van der Waals surface area contributed by atoms with Crippen LogP contribution in [0.3, 0.4) is 0 Å². The van der Waals surface area contributed by atoms with Crippen LogP contribution in [0, 0.1) is 20.8 Å². The molecule has 0 bridgehead atoms. The predicted octanol–water partition coefficient (Wildman–Crippen LogP) is 4.42. The van der Waals surface area contributed by atoms with E-state index in [0.29, 0.717) is 17.0 Å². The third kappa shape index (κ3) is 4.51. The van der Waals surface area contributed by atoms with Gasteiger partial charge in [-0.05, 0) is 53.4 Å². The van der Waals surface area contributed by atoms with Crippen LogP contribution in [0.1, 0.15) is 41.8 Å². The first-order valence-corrected chi connectivity index (χ1v) is 8.34. The highest BCUT2D eigenvalue weighted by Crippen LogP contribution is 2.24. The zero-order chi connectivity index (χ0) is 17.6. The number of aryl methyl sites for hydroxylation is 1. The number of anilines is 2. The fraction of sp³-hybridized carbons (Fsp3) is 0.353. The molecule has 5 nitrogen and oxygen atoms in total. The molecule has 0 aliphatic heterocycles. The Labute approximate surface area is 146 Å². The van der Waals surface area contributed by atoms with Crippen molar-refractivity contribution in [2.45, 2.75) is 41.2 Å². The van der Waals surface area contributed by atoms with Crippen LogP contribution < -0.4 is 11.1 Å². The SMILES string of the molecule is C=Cc1c(Br)nc(N)nc1NCc1ncc(C)c(C)c1C.CC. The van der Waals surface area contributed by atoms with Crippen LogP contribution in [0.25, 0.3) is 6.08 Å². The first-order chi connectivity index (χ1) is 10.9. The highest BCUT2D eigenvalue weighted by molar-refractivity contribution is 9.10. The number of nitrogens with two attached hydrogens (primary N) is 1. The highest BCUT2D eigenvalue weighted by atomic mass is 79.9. The average Bonchev–Trinajstić information content (AvgIpc) is 2.53. The molecule has 23 heavy (non-hydrogen) atoms. The summed E-state index contributed by atoms with van der Waals surface area (Å²) in [4.78, 5) is 12.8. The number of pyridine rings is 1. The normalized spacial score (nSPS) is 9.83. The summed E-state index contributed by atoms with van der Waals surface area (Å²) in [6, 6.07) is 0. The van der Waals surface area contributed by atoms with Crippen LogP contribution >= 0.6 is 15.9 Å². The van der Waals surface area contributed by atoms with Gasteiger partial charge < -0.3 is 11.1 Å². The monoisotopic (exact) mass is 377 g/mol. The molecule has 6 heteroatoms. The molecule has 0 aliphatic carbocycles. The van der Waals surface area contributed by atoms with Crippen LogP contribution in [0.15, 0.2) is 17.4 Å². The molecule has 2 heterocycles. The second-order valence-corrected chi connectivity index (χ2v) is 5.58. The highest BCUT2D eigenvalue weighted by Gasteiger charge is 2.10. The Kier molecular flexibility index (Phi) is 7.16. The summed E-state index contributed by atoms with van der Waals surface area (Å²) >= 11 is 3.36. The molecular formula is C17H24BrN5. The Balaban J connectivity index is 0.00000127. The quantitative estimate of drug-likeness (QED) is 0.770. The van der Waals surface area contributed by atoms with Crippen molar-refractivity contribution >= 4 is 33.8 Å². The van der Waals surface area contributed by atoms with Gasteiger partial charge in [-0.3, -0.25) is 4.98 Å². The van der Waals surface area contributed by atoms with Gasteiger partial charge in [-0.2, -0.15) is 4.98 Å². The Morgan fingerprint density at radius 1 is 1.22 bits per heavy atom. The van der Waals surface area contributed by atoms with Gasteiger partial charge in [-0.15, -0.1) is 0 Å². The van der Waals surface area contributed by atoms with Crippen molar-refractivity contribution in [3.05, 3.63) is 45.3 Å². The lowest BCUT2D eigenvalue weighted by molar-refractivity contribution is 0.977. The first kappa shape index (κ1) is 19.1. The number of nitrogen functional groups attached to an aromatic ring is 1. The number of nitrogens with one attached hydrogen (secondary N) is 1. The maximum atomic E-state index is 5.68. The fourth-order valence-electron chi connectivity index (χ4n) is 2.00. The summed E-state index contributed by atoms with van der Waals surface area (Å²) in [6.45, 7) is 14.6. The number of rotatable bonds is 4. The minimum atomic E-state index is 0.208. The molecule has 0 radical (unpaired) electrons. The summed E-state index contributed by atoms with van der Waals surface area (Å²) in [7, 11) is 0. The third-order valence-electron chi connectivity index (χ3n) is 3.54. The Morgan fingerprint density at radius 2 is 1.87 bits per heavy atom. The van der Waals surface area contributed by atoms with Crippen molar-refractivity contribution in [1.29, 1.82) is 0 Å². The standard InChI is InChI=1S/C15H18BrN5.C2H6/c1-5-11-13(16)20-15(17)21-14(11)19-7-12-10(4)9(3)8(2)6-18-12;1-2/h5-6H,1,7H2,2-4H3,(H3,17,19,20,21);1-2H3. The van der Waals surface area contributed by atoms with E-state index in [4.69, 9.17) is 5.73 Å². The molecule has 0 atom stereocenters. The number of halogens is 1. The lowest BCUT2D eigenvalue weighted by Gasteiger charge is -2.13. The number of hydrogen-bond donors (Lipinski definition) is 2.